The summed E-state index contributed by atoms with van der Waals surface area (Å²) in [4.78, 5) is 28.1. The minimum absolute atomic E-state index is 0.0308. The van der Waals surface area contributed by atoms with Crippen molar-refractivity contribution in [3.63, 3.8) is 0 Å². The molecule has 0 radical (unpaired) electrons. The first-order valence-electron chi connectivity index (χ1n) is 9.79. The third-order valence-corrected chi connectivity index (χ3v) is 5.96. The number of likely N-dealkylation sites (tertiary alicyclic amines) is 1. The van der Waals surface area contributed by atoms with E-state index in [1.807, 2.05) is 24.4 Å². The minimum Gasteiger partial charge on any atom is -0.507 e. The lowest BCUT2D eigenvalue weighted by molar-refractivity contribution is -0.140. The molecule has 1 aliphatic rings. The lowest BCUT2D eigenvalue weighted by Crippen LogP contribution is -2.28. The van der Waals surface area contributed by atoms with E-state index in [4.69, 9.17) is 4.74 Å². The van der Waals surface area contributed by atoms with Gasteiger partial charge in [0.15, 0.2) is 0 Å². The van der Waals surface area contributed by atoms with Crippen LogP contribution in [0, 0.1) is 5.82 Å². The highest BCUT2D eigenvalue weighted by molar-refractivity contribution is 7.10. The lowest BCUT2D eigenvalue weighted by atomic mass is 9.99. The Balaban J connectivity index is 1.80. The number of nitrogens with zero attached hydrogens (tertiary/aromatic N) is 1. The number of amides is 1. The number of thiophene rings is 1. The number of carbonyl (C=O) groups excluding carboxylic acids is 2. The second-order valence-electron chi connectivity index (χ2n) is 7.03. The van der Waals surface area contributed by atoms with Gasteiger partial charge in [0.05, 0.1) is 18.2 Å². The molecule has 31 heavy (non-hydrogen) atoms. The number of ether oxygens (including phenoxy) is 1. The molecule has 5 nitrogen and oxygen atoms in total. The largest absolute Gasteiger partial charge is 0.507 e. The first-order valence-corrected chi connectivity index (χ1v) is 10.7. The quantitative estimate of drug-likeness (QED) is 0.338. The molecule has 1 fully saturated rings. The van der Waals surface area contributed by atoms with Gasteiger partial charge in [0, 0.05) is 17.0 Å². The van der Waals surface area contributed by atoms with Crippen LogP contribution in [0.4, 0.5) is 4.39 Å². The van der Waals surface area contributed by atoms with Gasteiger partial charge in [-0.3, -0.25) is 9.59 Å². The molecule has 0 bridgehead atoms. The maximum atomic E-state index is 13.3. The fourth-order valence-corrected chi connectivity index (χ4v) is 4.47. The van der Waals surface area contributed by atoms with Crippen LogP contribution in [0.1, 0.15) is 29.0 Å². The Morgan fingerprint density at radius 3 is 2.58 bits per heavy atom. The number of aliphatic hydroxyl groups is 1. The number of benzene rings is 2. The summed E-state index contributed by atoms with van der Waals surface area (Å²) in [6.45, 7) is 2.43. The van der Waals surface area contributed by atoms with Gasteiger partial charge in [-0.2, -0.15) is 0 Å². The predicted molar refractivity (Wildman–Crippen MR) is 116 cm³/mol. The number of hydrogen-bond acceptors (Lipinski definition) is 5. The van der Waals surface area contributed by atoms with Crippen LogP contribution < -0.4 is 4.74 Å². The molecule has 1 atom stereocenters. The van der Waals surface area contributed by atoms with Crippen molar-refractivity contribution in [1.29, 1.82) is 0 Å². The Morgan fingerprint density at radius 1 is 1.13 bits per heavy atom. The van der Waals surface area contributed by atoms with Crippen molar-refractivity contribution < 1.29 is 23.8 Å². The van der Waals surface area contributed by atoms with Crippen molar-refractivity contribution in [2.24, 2.45) is 0 Å². The van der Waals surface area contributed by atoms with E-state index in [1.54, 1.807) is 36.4 Å². The summed E-state index contributed by atoms with van der Waals surface area (Å²) in [5, 5.41) is 12.9. The summed E-state index contributed by atoms with van der Waals surface area (Å²) < 4.78 is 18.8. The molecule has 1 unspecified atom stereocenters. The molecule has 1 amide bonds. The maximum Gasteiger partial charge on any atom is 0.295 e. The Hall–Kier alpha value is -3.45. The Kier molecular flexibility index (Phi) is 5.86. The van der Waals surface area contributed by atoms with Gasteiger partial charge in [-0.05, 0) is 48.2 Å². The SMILES string of the molecule is CCOc1cccc(/C(O)=C2/C(=O)C(=O)N(Cc3ccc(F)cc3)C2c2cccs2)c1. The highest BCUT2D eigenvalue weighted by Crippen LogP contribution is 2.42. The Bertz CT molecular complexity index is 1140. The van der Waals surface area contributed by atoms with Crippen LogP contribution in [-0.4, -0.2) is 28.3 Å². The van der Waals surface area contributed by atoms with Crippen molar-refractivity contribution in [3.05, 3.63) is 93.4 Å². The number of rotatable bonds is 6. The number of aliphatic hydroxyl groups excluding tert-OH is 1. The van der Waals surface area contributed by atoms with E-state index in [-0.39, 0.29) is 23.7 Å². The van der Waals surface area contributed by atoms with Crippen LogP contribution in [0.5, 0.6) is 5.75 Å². The van der Waals surface area contributed by atoms with Gasteiger partial charge in [0.2, 0.25) is 0 Å². The number of Topliss-reactive ketones (excluding diaryl/α,β-unsaturated/α-hetero) is 1. The van der Waals surface area contributed by atoms with Gasteiger partial charge in [-0.1, -0.05) is 30.3 Å². The van der Waals surface area contributed by atoms with E-state index in [1.165, 1.54) is 28.4 Å². The molecule has 3 aromatic rings. The third kappa shape index (κ3) is 4.09. The van der Waals surface area contributed by atoms with Crippen molar-refractivity contribution >= 4 is 28.8 Å². The van der Waals surface area contributed by atoms with E-state index in [0.29, 0.717) is 23.5 Å². The average Bonchev–Trinajstić information content (AvgIpc) is 3.38. The molecule has 158 valence electrons. The fourth-order valence-electron chi connectivity index (χ4n) is 3.63. The molecule has 2 heterocycles. The highest BCUT2D eigenvalue weighted by Gasteiger charge is 2.46. The molecule has 1 saturated heterocycles. The van der Waals surface area contributed by atoms with E-state index in [0.717, 1.165) is 4.88 Å². The predicted octanol–water partition coefficient (Wildman–Crippen LogP) is 4.91. The Labute approximate surface area is 183 Å². The van der Waals surface area contributed by atoms with Gasteiger partial charge < -0.3 is 14.7 Å². The van der Waals surface area contributed by atoms with E-state index >= 15 is 0 Å². The van der Waals surface area contributed by atoms with Gasteiger partial charge in [-0.15, -0.1) is 11.3 Å². The van der Waals surface area contributed by atoms with Crippen molar-refractivity contribution in [2.45, 2.75) is 19.5 Å². The normalized spacial score (nSPS) is 17.9. The topological polar surface area (TPSA) is 66.8 Å². The van der Waals surface area contributed by atoms with Crippen LogP contribution in [0.25, 0.3) is 5.76 Å². The zero-order valence-electron chi connectivity index (χ0n) is 16.7. The molecule has 7 heteroatoms. The fraction of sp³-hybridized carbons (Fsp3) is 0.167. The summed E-state index contributed by atoms with van der Waals surface area (Å²) >= 11 is 1.39. The van der Waals surface area contributed by atoms with Crippen LogP contribution in [0.2, 0.25) is 0 Å². The molecule has 1 aromatic heterocycles. The van der Waals surface area contributed by atoms with Crippen molar-refractivity contribution in [1.82, 2.24) is 4.90 Å². The summed E-state index contributed by atoms with van der Waals surface area (Å²) in [5.41, 5.74) is 1.11. The summed E-state index contributed by atoms with van der Waals surface area (Å²) in [5.74, 6) is -1.53. The van der Waals surface area contributed by atoms with Gasteiger partial charge in [0.25, 0.3) is 11.7 Å². The van der Waals surface area contributed by atoms with E-state index in [9.17, 15) is 19.1 Å². The molecule has 0 saturated carbocycles. The number of hydrogen-bond donors (Lipinski definition) is 1. The van der Waals surface area contributed by atoms with E-state index < -0.39 is 17.7 Å². The average molecular weight is 437 g/mol. The molecule has 1 N–H and O–H groups in total. The summed E-state index contributed by atoms with van der Waals surface area (Å²) in [7, 11) is 0. The maximum absolute atomic E-state index is 13.3. The smallest absolute Gasteiger partial charge is 0.295 e. The first kappa shape index (κ1) is 20.8. The zero-order chi connectivity index (χ0) is 22.0. The molecular weight excluding hydrogens is 417 g/mol. The Morgan fingerprint density at radius 2 is 1.90 bits per heavy atom. The minimum atomic E-state index is -0.750. The first-order chi connectivity index (χ1) is 15.0. The highest BCUT2D eigenvalue weighted by atomic mass is 32.1. The third-order valence-electron chi connectivity index (χ3n) is 5.04. The van der Waals surface area contributed by atoms with E-state index in [2.05, 4.69) is 0 Å². The molecule has 0 spiro atoms. The summed E-state index contributed by atoms with van der Waals surface area (Å²) in [6.07, 6.45) is 0. The second kappa shape index (κ2) is 8.73. The zero-order valence-corrected chi connectivity index (χ0v) is 17.6. The van der Waals surface area contributed by atoms with Crippen LogP contribution in [-0.2, 0) is 16.1 Å². The number of ketones is 1. The van der Waals surface area contributed by atoms with Crippen molar-refractivity contribution in [2.75, 3.05) is 6.61 Å². The molecule has 2 aromatic carbocycles. The summed E-state index contributed by atoms with van der Waals surface area (Å²) in [6, 6.07) is 15.5. The standard InChI is InChI=1S/C24H20FNO4S/c1-2-30-18-6-3-5-16(13-18)22(27)20-21(19-7-4-12-31-19)26(24(29)23(20)28)14-15-8-10-17(25)11-9-15/h3-13,21,27H,2,14H2,1H3/b22-20-. The lowest BCUT2D eigenvalue weighted by Gasteiger charge is -2.24. The number of halogens is 1. The molecule has 1 aliphatic heterocycles. The van der Waals surface area contributed by atoms with Crippen LogP contribution in [0.15, 0.2) is 71.6 Å². The van der Waals surface area contributed by atoms with Crippen LogP contribution >= 0.6 is 11.3 Å². The number of carbonyl (C=O) groups is 2. The molecule has 4 rings (SSSR count). The second-order valence-corrected chi connectivity index (χ2v) is 8.01. The van der Waals surface area contributed by atoms with Gasteiger partial charge >= 0.3 is 0 Å². The van der Waals surface area contributed by atoms with Crippen molar-refractivity contribution in [3.8, 4) is 5.75 Å². The molecular formula is C24H20FNO4S. The van der Waals surface area contributed by atoms with Gasteiger partial charge in [-0.25, -0.2) is 4.39 Å². The molecule has 0 aliphatic carbocycles. The van der Waals surface area contributed by atoms with Crippen LogP contribution in [0.3, 0.4) is 0 Å². The monoisotopic (exact) mass is 437 g/mol. The van der Waals surface area contributed by atoms with Gasteiger partial charge in [0.1, 0.15) is 17.3 Å².